The Labute approximate surface area is 121 Å². The van der Waals surface area contributed by atoms with Crippen molar-refractivity contribution in [3.63, 3.8) is 0 Å². The first-order valence-electron chi connectivity index (χ1n) is 7.34. The summed E-state index contributed by atoms with van der Waals surface area (Å²) in [5.74, 6) is 0. The second-order valence-electron chi connectivity index (χ2n) is 6.05. The van der Waals surface area contributed by atoms with Gasteiger partial charge in [0.25, 0.3) is 0 Å². The zero-order chi connectivity index (χ0) is 14.9. The monoisotopic (exact) mass is 292 g/mol. The topological polar surface area (TPSA) is 27.7 Å². The molecular weight excluding hydrogens is 258 g/mol. The summed E-state index contributed by atoms with van der Waals surface area (Å²) in [7, 11) is 9.11. The second kappa shape index (κ2) is 9.08. The molecule has 0 bridgehead atoms. The molecule has 0 aliphatic heterocycles. The molecule has 0 fully saturated rings. The summed E-state index contributed by atoms with van der Waals surface area (Å²) >= 11 is 0. The summed E-state index contributed by atoms with van der Waals surface area (Å²) in [5.41, 5.74) is 0.286. The lowest BCUT2D eigenvalue weighted by Crippen LogP contribution is -2.65. The molecule has 0 aromatic carbocycles. The van der Waals surface area contributed by atoms with Gasteiger partial charge in [-0.15, -0.1) is 0 Å². The normalized spacial score (nSPS) is 14.7. The summed E-state index contributed by atoms with van der Waals surface area (Å²) < 4.78 is 17.9. The molecule has 1 unspecified atom stereocenters. The predicted octanol–water partition coefficient (Wildman–Crippen LogP) is 2.84. The number of unbranched alkanes of at least 4 members (excludes halogenated alkanes) is 4. The summed E-state index contributed by atoms with van der Waals surface area (Å²) in [6.07, 6.45) is 7.52. The number of quaternary nitrogens is 1. The van der Waals surface area contributed by atoms with Crippen molar-refractivity contribution in [2.75, 3.05) is 42.5 Å². The smallest absolute Gasteiger partial charge is 0.373 e. The Balaban J connectivity index is 4.64. The van der Waals surface area contributed by atoms with E-state index in [0.717, 1.165) is 10.9 Å². The molecule has 0 heterocycles. The van der Waals surface area contributed by atoms with E-state index in [1.165, 1.54) is 32.1 Å². The molecule has 0 aliphatic carbocycles. The Bertz CT molecular complexity index is 219. The van der Waals surface area contributed by atoms with Crippen LogP contribution in [-0.2, 0) is 13.3 Å². The van der Waals surface area contributed by atoms with Crippen LogP contribution in [0.3, 0.4) is 0 Å². The first-order valence-corrected chi connectivity index (χ1v) is 9.14. The maximum atomic E-state index is 5.68. The van der Waals surface area contributed by atoms with Crippen molar-refractivity contribution in [3.05, 3.63) is 0 Å². The molecule has 0 aromatic heterocycles. The van der Waals surface area contributed by atoms with Gasteiger partial charge in [-0.25, -0.2) is 0 Å². The average Bonchev–Trinajstić information content (AvgIpc) is 2.37. The van der Waals surface area contributed by atoms with Gasteiger partial charge in [0, 0.05) is 27.8 Å². The minimum absolute atomic E-state index is 0.286. The molecule has 0 saturated heterocycles. The third-order valence-electron chi connectivity index (χ3n) is 3.78. The molecule has 0 spiro atoms. The van der Waals surface area contributed by atoms with Crippen LogP contribution in [0.1, 0.15) is 45.4 Å². The minimum Gasteiger partial charge on any atom is -0.373 e. The molecule has 4 nitrogen and oxygen atoms in total. The predicted molar refractivity (Wildman–Crippen MR) is 82.0 cm³/mol. The fraction of sp³-hybridized carbons (Fsp3) is 1.00. The van der Waals surface area contributed by atoms with E-state index < -0.39 is 8.80 Å². The van der Waals surface area contributed by atoms with Gasteiger partial charge >= 0.3 is 8.80 Å². The first kappa shape index (κ1) is 19.1. The van der Waals surface area contributed by atoms with Gasteiger partial charge in [-0.1, -0.05) is 32.6 Å². The SMILES string of the molecule is CCCCCCCC([N+](C)(C)C)[Si](OC)(OC)OC. The molecule has 19 heavy (non-hydrogen) atoms. The van der Waals surface area contributed by atoms with E-state index in [1.54, 1.807) is 21.3 Å². The minimum atomic E-state index is -2.58. The highest BCUT2D eigenvalue weighted by Crippen LogP contribution is 2.25. The number of hydrogen-bond donors (Lipinski definition) is 0. The number of nitrogens with zero attached hydrogens (tertiary/aromatic N) is 1. The van der Waals surface area contributed by atoms with E-state index in [0.29, 0.717) is 0 Å². The highest BCUT2D eigenvalue weighted by molar-refractivity contribution is 6.62. The van der Waals surface area contributed by atoms with Gasteiger partial charge < -0.3 is 17.8 Å². The summed E-state index contributed by atoms with van der Waals surface area (Å²) in [5, 5.41) is 0. The standard InChI is InChI=1S/C14H34NO3Si/c1-8-9-10-11-12-13-14(15(2,3)4)19(16-5,17-6)18-7/h14H,8-13H2,1-7H3/q+1. The van der Waals surface area contributed by atoms with Crippen LogP contribution in [0, 0.1) is 0 Å². The summed E-state index contributed by atoms with van der Waals surface area (Å²) in [6, 6.07) is 0. The highest BCUT2D eigenvalue weighted by atomic mass is 28.4. The van der Waals surface area contributed by atoms with E-state index in [1.807, 2.05) is 0 Å². The first-order chi connectivity index (χ1) is 8.87. The lowest BCUT2D eigenvalue weighted by atomic mass is 10.1. The average molecular weight is 293 g/mol. The van der Waals surface area contributed by atoms with Crippen LogP contribution >= 0.6 is 0 Å². The van der Waals surface area contributed by atoms with Gasteiger partial charge in [-0.3, -0.25) is 0 Å². The third-order valence-corrected chi connectivity index (χ3v) is 7.36. The Morgan fingerprint density at radius 2 is 1.32 bits per heavy atom. The van der Waals surface area contributed by atoms with E-state index in [9.17, 15) is 0 Å². The summed E-state index contributed by atoms with van der Waals surface area (Å²) in [6.45, 7) is 2.24. The van der Waals surface area contributed by atoms with Crippen molar-refractivity contribution in [1.82, 2.24) is 0 Å². The molecule has 0 amide bonds. The van der Waals surface area contributed by atoms with Gasteiger partial charge in [-0.2, -0.15) is 0 Å². The van der Waals surface area contributed by atoms with E-state index >= 15 is 0 Å². The van der Waals surface area contributed by atoms with E-state index in [-0.39, 0.29) is 5.67 Å². The fourth-order valence-electron chi connectivity index (χ4n) is 2.64. The largest absolute Gasteiger partial charge is 0.561 e. The Morgan fingerprint density at radius 1 is 0.842 bits per heavy atom. The maximum absolute atomic E-state index is 5.68. The van der Waals surface area contributed by atoms with Crippen LogP contribution in [-0.4, -0.2) is 61.4 Å². The quantitative estimate of drug-likeness (QED) is 0.333. The zero-order valence-corrected chi connectivity index (χ0v) is 15.0. The van der Waals surface area contributed by atoms with Crippen molar-refractivity contribution < 1.29 is 17.8 Å². The second-order valence-corrected chi connectivity index (χ2v) is 9.15. The molecule has 116 valence electrons. The van der Waals surface area contributed by atoms with Crippen molar-refractivity contribution in [2.24, 2.45) is 0 Å². The molecule has 5 heteroatoms. The Hall–Kier alpha value is 0.0569. The van der Waals surface area contributed by atoms with Crippen LogP contribution in [0.25, 0.3) is 0 Å². The highest BCUT2D eigenvalue weighted by Gasteiger charge is 2.54. The van der Waals surface area contributed by atoms with Crippen LogP contribution < -0.4 is 0 Å². The van der Waals surface area contributed by atoms with Crippen molar-refractivity contribution >= 4 is 8.80 Å². The molecule has 0 aromatic rings. The molecular formula is C14H34NO3Si+. The van der Waals surface area contributed by atoms with Gasteiger partial charge in [-0.05, 0) is 6.42 Å². The fourth-order valence-corrected chi connectivity index (χ4v) is 5.46. The molecule has 1 atom stereocenters. The van der Waals surface area contributed by atoms with Crippen molar-refractivity contribution in [1.29, 1.82) is 0 Å². The summed E-state index contributed by atoms with van der Waals surface area (Å²) in [4.78, 5) is 0. The van der Waals surface area contributed by atoms with Gasteiger partial charge in [0.15, 0.2) is 5.67 Å². The van der Waals surface area contributed by atoms with E-state index in [2.05, 4.69) is 28.1 Å². The molecule has 0 N–H and O–H groups in total. The number of hydrogen-bond acceptors (Lipinski definition) is 3. The Kier molecular flexibility index (Phi) is 9.10. The molecule has 0 rings (SSSR count). The Morgan fingerprint density at radius 3 is 1.68 bits per heavy atom. The van der Waals surface area contributed by atoms with Gasteiger partial charge in [0.05, 0.1) is 21.1 Å². The van der Waals surface area contributed by atoms with Crippen LogP contribution in [0.2, 0.25) is 0 Å². The third kappa shape index (κ3) is 5.91. The van der Waals surface area contributed by atoms with Crippen molar-refractivity contribution in [2.45, 2.75) is 51.1 Å². The maximum Gasteiger partial charge on any atom is 0.561 e. The van der Waals surface area contributed by atoms with E-state index in [4.69, 9.17) is 13.3 Å². The number of rotatable bonds is 11. The van der Waals surface area contributed by atoms with Crippen LogP contribution in [0.5, 0.6) is 0 Å². The van der Waals surface area contributed by atoms with Crippen molar-refractivity contribution in [3.8, 4) is 0 Å². The molecule has 0 radical (unpaired) electrons. The van der Waals surface area contributed by atoms with Gasteiger partial charge in [0.1, 0.15) is 0 Å². The lowest BCUT2D eigenvalue weighted by molar-refractivity contribution is -0.887. The zero-order valence-electron chi connectivity index (χ0n) is 14.0. The van der Waals surface area contributed by atoms with Gasteiger partial charge in [0.2, 0.25) is 0 Å². The molecule has 0 saturated carbocycles. The van der Waals surface area contributed by atoms with Crippen LogP contribution in [0.15, 0.2) is 0 Å². The van der Waals surface area contributed by atoms with Crippen LogP contribution in [0.4, 0.5) is 0 Å². The lowest BCUT2D eigenvalue weighted by Gasteiger charge is -2.41. The molecule has 0 aliphatic rings.